The van der Waals surface area contributed by atoms with Crippen molar-refractivity contribution in [3.8, 4) is 0 Å². The molecule has 159 valence electrons. The Labute approximate surface area is 180 Å². The summed E-state index contributed by atoms with van der Waals surface area (Å²) < 4.78 is 8.22. The molecule has 0 aliphatic heterocycles. The fourth-order valence-electron chi connectivity index (χ4n) is 1.74. The first-order valence-corrected chi connectivity index (χ1v) is 9.65. The number of nitrogens with zero attached hydrogens (tertiary/aromatic N) is 3. The molecule has 0 aliphatic rings. The number of amides is 2. The molecule has 0 saturated heterocycles. The van der Waals surface area contributed by atoms with Crippen molar-refractivity contribution in [1.82, 2.24) is 5.43 Å². The number of rotatable bonds is 15. The van der Waals surface area contributed by atoms with Gasteiger partial charge in [-0.1, -0.05) is 31.5 Å². The first-order chi connectivity index (χ1) is 13.4. The molecule has 0 rings (SSSR count). The second kappa shape index (κ2) is 19.2. The molecule has 13 heteroatoms. The summed E-state index contributed by atoms with van der Waals surface area (Å²) in [5, 5.41) is 16.6. The van der Waals surface area contributed by atoms with Crippen LogP contribution in [0.5, 0.6) is 0 Å². The molecule has 0 aromatic rings. The molecule has 0 aromatic heterocycles. The Hall–Kier alpha value is -1.08. The number of aliphatic hydroxyl groups excluding tert-OH is 1. The minimum atomic E-state index is -0.993. The van der Waals surface area contributed by atoms with Gasteiger partial charge in [0.05, 0.1) is 12.1 Å². The van der Waals surface area contributed by atoms with Crippen molar-refractivity contribution in [2.45, 2.75) is 50.4 Å². The van der Waals surface area contributed by atoms with E-state index in [4.69, 9.17) is 9.24 Å². The van der Waals surface area contributed by atoms with Gasteiger partial charge < -0.3 is 64.1 Å². The van der Waals surface area contributed by atoms with Gasteiger partial charge in [-0.2, -0.15) is 5.75 Å². The number of unbranched alkanes of at least 4 members (excludes halogenated alkanes) is 1. The van der Waals surface area contributed by atoms with Gasteiger partial charge in [0.15, 0.2) is 0 Å². The minimum absolute atomic E-state index is 0.0312. The quantitative estimate of drug-likeness (QED) is 0.111. The van der Waals surface area contributed by atoms with E-state index in [0.29, 0.717) is 38.4 Å². The second-order valence-electron chi connectivity index (χ2n) is 5.51. The van der Waals surface area contributed by atoms with E-state index < -0.39 is 42.6 Å². The Balaban J connectivity index is 0. The Bertz CT molecular complexity index is 474. The summed E-state index contributed by atoms with van der Waals surface area (Å²) in [6.07, 6.45) is 1.51. The zero-order valence-corrected chi connectivity index (χ0v) is 18.1. The van der Waals surface area contributed by atoms with Crippen molar-refractivity contribution in [3.63, 3.8) is 0 Å². The normalized spacial score (nSPS) is 14.5. The van der Waals surface area contributed by atoms with Crippen molar-refractivity contribution in [3.05, 3.63) is 16.1 Å². The van der Waals surface area contributed by atoms with Crippen LogP contribution in [0.3, 0.4) is 0 Å². The van der Waals surface area contributed by atoms with Gasteiger partial charge in [0.2, 0.25) is 0 Å². The number of carbonyl (C=O) groups excluding carboxylic acids is 4. The number of aldehydes is 2. The van der Waals surface area contributed by atoms with E-state index in [0.717, 1.165) is 18.9 Å². The molecular formula is C15H25N5O6STc. The van der Waals surface area contributed by atoms with E-state index in [1.54, 1.807) is 0 Å². The topological polar surface area (TPSA) is 186 Å². The summed E-state index contributed by atoms with van der Waals surface area (Å²) in [4.78, 5) is 45.2. The van der Waals surface area contributed by atoms with Crippen molar-refractivity contribution in [1.29, 1.82) is 0 Å². The third-order valence-corrected chi connectivity index (χ3v) is 3.61. The van der Waals surface area contributed by atoms with Crippen LogP contribution in [0.15, 0.2) is 0 Å². The second-order valence-corrected chi connectivity index (χ2v) is 5.84. The van der Waals surface area contributed by atoms with Gasteiger partial charge in [0.25, 0.3) is 0 Å². The summed E-state index contributed by atoms with van der Waals surface area (Å²) in [7, 11) is 0. The third kappa shape index (κ3) is 14.0. The summed E-state index contributed by atoms with van der Waals surface area (Å²) in [6, 6.07) is -2.82. The molecule has 0 heterocycles. The molecule has 0 radical (unpaired) electrons. The van der Waals surface area contributed by atoms with Crippen LogP contribution in [0.2, 0.25) is 0 Å². The van der Waals surface area contributed by atoms with Gasteiger partial charge in [-0.25, -0.2) is 0 Å². The zero-order valence-electron chi connectivity index (χ0n) is 15.4. The van der Waals surface area contributed by atoms with Crippen molar-refractivity contribution < 1.29 is 46.6 Å². The molecule has 2 amide bonds. The van der Waals surface area contributed by atoms with E-state index in [-0.39, 0.29) is 5.75 Å². The zero-order chi connectivity index (χ0) is 21.9. The van der Waals surface area contributed by atoms with Crippen molar-refractivity contribution in [2.75, 3.05) is 18.8 Å². The van der Waals surface area contributed by atoms with Gasteiger partial charge in [0.1, 0.15) is 12.6 Å². The molecule has 0 bridgehead atoms. The molecular weight excluding hydrogens is 476 g/mol. The first-order valence-electron chi connectivity index (χ1n) is 8.32. The van der Waals surface area contributed by atoms with E-state index in [1.165, 1.54) is 6.92 Å². The number of nitrogens with two attached hydrogens (primary N) is 1. The maximum absolute atomic E-state index is 12.2. The molecule has 4 N–H and O–H groups in total. The number of hydrogen-bond acceptors (Lipinski definition) is 9. The predicted molar refractivity (Wildman–Crippen MR) is 99.1 cm³/mol. The summed E-state index contributed by atoms with van der Waals surface area (Å²) in [6.45, 7) is 1.33. The molecule has 4 atom stereocenters. The maximum atomic E-state index is 12.2. The van der Waals surface area contributed by atoms with Crippen molar-refractivity contribution >= 4 is 37.0 Å². The van der Waals surface area contributed by atoms with E-state index in [1.807, 2.05) is 0 Å². The van der Waals surface area contributed by atoms with Crippen LogP contribution in [0.1, 0.15) is 26.2 Å². The van der Waals surface area contributed by atoms with Gasteiger partial charge >= 0.3 is 22.4 Å². The van der Waals surface area contributed by atoms with E-state index in [9.17, 15) is 24.3 Å². The summed E-state index contributed by atoms with van der Waals surface area (Å²) in [5.74, 6) is -1.44. The Morgan fingerprint density at radius 2 is 1.89 bits per heavy atom. The molecule has 0 fully saturated rings. The fourth-order valence-corrected chi connectivity index (χ4v) is 1.89. The average molecular weight is 501 g/mol. The van der Waals surface area contributed by atoms with E-state index in [2.05, 4.69) is 34.1 Å². The van der Waals surface area contributed by atoms with Crippen LogP contribution < -0.4 is 11.2 Å². The standard InChI is InChI=1S/C15H28N5O5S.O.Tc/c1-10(23)13(8-22)20-19-12(4-2-3-5-16)15(25)17-6-14(24)18-11(7-21)9-26;;/h7-8,10-13,20,23H,2-6,9,16H2,1H3,(H3,17,18,24,25,26);;/q-1;;+4/p-3/t10-,11?,12?,13-;;/m0../s1. The fraction of sp³-hybridized carbons (Fsp3) is 0.733. The molecule has 0 aromatic carbocycles. The van der Waals surface area contributed by atoms with Crippen LogP contribution in [-0.4, -0.2) is 72.6 Å². The number of nitrogens with one attached hydrogen (secondary N) is 1. The number of carbonyl (C=O) groups is 4. The number of aliphatic hydroxyl groups is 1. The van der Waals surface area contributed by atoms with E-state index >= 15 is 0 Å². The predicted octanol–water partition coefficient (Wildman–Crippen LogP) is -0.896. The molecule has 2 unspecified atom stereocenters. The van der Waals surface area contributed by atoms with Gasteiger partial charge in [-0.3, -0.25) is 0 Å². The monoisotopic (exact) mass is 500 g/mol. The van der Waals surface area contributed by atoms with Crippen LogP contribution in [-0.2, 0) is 54.2 Å². The van der Waals surface area contributed by atoms with Gasteiger partial charge in [-0.15, -0.1) is 0 Å². The molecule has 0 saturated carbocycles. The first kappa shape index (κ1) is 29.1. The van der Waals surface area contributed by atoms with Crippen LogP contribution in [0, 0.1) is 0 Å². The van der Waals surface area contributed by atoms with Crippen molar-refractivity contribution in [2.24, 2.45) is 5.73 Å². The average Bonchev–Trinajstić information content (AvgIpc) is 2.70. The Morgan fingerprint density at radius 3 is 2.36 bits per heavy atom. The van der Waals surface area contributed by atoms with Crippen LogP contribution >= 0.6 is 0 Å². The summed E-state index contributed by atoms with van der Waals surface area (Å²) in [5.41, 5.74) is 11.8. The van der Waals surface area contributed by atoms with Gasteiger partial charge in [0, 0.05) is 11.8 Å². The van der Waals surface area contributed by atoms with Gasteiger partial charge in [-0.05, 0) is 19.9 Å². The SMILES string of the molecule is C[C@H](O)[C@H](C=O)N[N-]C(CCCCN)C(=O)[N-]CC(=O)[N-]C(C=O)C[S-].[O]=[Tc+4]. The third-order valence-electron chi connectivity index (χ3n) is 3.27. The summed E-state index contributed by atoms with van der Waals surface area (Å²) >= 11 is 5.56. The molecule has 11 nitrogen and oxygen atoms in total. The molecule has 28 heavy (non-hydrogen) atoms. The Kier molecular flexibility index (Phi) is 20.0. The molecule has 0 aliphatic carbocycles. The Morgan fingerprint density at radius 1 is 1.25 bits per heavy atom. The molecule has 0 spiro atoms. The number of hydrogen-bond donors (Lipinski definition) is 3. The van der Waals surface area contributed by atoms with Crippen LogP contribution in [0.25, 0.3) is 16.1 Å². The van der Waals surface area contributed by atoms with Crippen LogP contribution in [0.4, 0.5) is 0 Å².